The van der Waals surface area contributed by atoms with Crippen molar-refractivity contribution < 1.29 is 0 Å². The molecule has 1 atom stereocenters. The minimum absolute atomic E-state index is 0.563. The minimum atomic E-state index is 0.563. The first-order valence-electron chi connectivity index (χ1n) is 7.15. The summed E-state index contributed by atoms with van der Waals surface area (Å²) in [5.74, 6) is 1.56. The van der Waals surface area contributed by atoms with Gasteiger partial charge >= 0.3 is 0 Å². The van der Waals surface area contributed by atoms with Gasteiger partial charge in [-0.1, -0.05) is 0 Å². The molecule has 21 heavy (non-hydrogen) atoms. The number of anilines is 1. The van der Waals surface area contributed by atoms with Gasteiger partial charge in [-0.25, -0.2) is 19.6 Å². The third-order valence-electron chi connectivity index (χ3n) is 4.06. The summed E-state index contributed by atoms with van der Waals surface area (Å²) in [4.78, 5) is 18.0. The number of aromatic nitrogens is 5. The molecule has 1 aliphatic rings. The molecule has 0 saturated carbocycles. The predicted molar refractivity (Wildman–Crippen MR) is 81.1 cm³/mol. The van der Waals surface area contributed by atoms with Gasteiger partial charge in [0.1, 0.15) is 12.0 Å². The second kappa shape index (κ2) is 5.40. The summed E-state index contributed by atoms with van der Waals surface area (Å²) in [7, 11) is 6.12. The molecule has 0 bridgehead atoms. The van der Waals surface area contributed by atoms with E-state index in [4.69, 9.17) is 4.98 Å². The van der Waals surface area contributed by atoms with Crippen molar-refractivity contribution in [2.24, 2.45) is 7.05 Å². The summed E-state index contributed by atoms with van der Waals surface area (Å²) in [6.07, 6.45) is 4.56. The smallest absolute Gasteiger partial charge is 0.226 e. The van der Waals surface area contributed by atoms with Gasteiger partial charge in [-0.3, -0.25) is 0 Å². The highest BCUT2D eigenvalue weighted by Gasteiger charge is 2.26. The van der Waals surface area contributed by atoms with Crippen LogP contribution in [0.25, 0.3) is 11.5 Å². The first kappa shape index (κ1) is 13.9. The van der Waals surface area contributed by atoms with Crippen LogP contribution >= 0.6 is 0 Å². The number of nitrogens with zero attached hydrogens (tertiary/aromatic N) is 7. The van der Waals surface area contributed by atoms with Crippen molar-refractivity contribution in [3.8, 4) is 11.5 Å². The highest BCUT2D eigenvalue weighted by atomic mass is 15.3. The molecule has 3 heterocycles. The molecule has 2 aromatic rings. The molecular formula is C14H21N7. The molecule has 1 aliphatic heterocycles. The van der Waals surface area contributed by atoms with Crippen LogP contribution in [-0.4, -0.2) is 62.9 Å². The third kappa shape index (κ3) is 2.61. The van der Waals surface area contributed by atoms with Gasteiger partial charge in [0.25, 0.3) is 0 Å². The normalized spacial score (nSPS) is 18.7. The first-order valence-corrected chi connectivity index (χ1v) is 7.15. The van der Waals surface area contributed by atoms with Crippen molar-refractivity contribution in [3.05, 3.63) is 18.1 Å². The van der Waals surface area contributed by atoms with Crippen LogP contribution in [0.3, 0.4) is 0 Å². The van der Waals surface area contributed by atoms with E-state index in [0.717, 1.165) is 42.5 Å². The van der Waals surface area contributed by atoms with Gasteiger partial charge in [0.15, 0.2) is 5.82 Å². The minimum Gasteiger partial charge on any atom is -0.339 e. The average Bonchev–Trinajstić information content (AvgIpc) is 3.08. The molecule has 0 unspecified atom stereocenters. The van der Waals surface area contributed by atoms with Crippen LogP contribution in [0.5, 0.6) is 0 Å². The Balaban J connectivity index is 1.90. The van der Waals surface area contributed by atoms with E-state index in [1.807, 2.05) is 20.2 Å². The maximum Gasteiger partial charge on any atom is 0.226 e. The summed E-state index contributed by atoms with van der Waals surface area (Å²) in [6.45, 7) is 3.96. The van der Waals surface area contributed by atoms with Crippen LogP contribution < -0.4 is 4.90 Å². The zero-order chi connectivity index (χ0) is 15.0. The maximum absolute atomic E-state index is 4.72. The van der Waals surface area contributed by atoms with Crippen LogP contribution in [0.15, 0.2) is 12.5 Å². The number of likely N-dealkylation sites (N-methyl/N-ethyl adjacent to an activating group) is 1. The summed E-state index contributed by atoms with van der Waals surface area (Å²) in [6, 6.07) is 0.563. The molecule has 0 amide bonds. The predicted octanol–water partition coefficient (Wildman–Crippen LogP) is 0.721. The molecule has 112 valence electrons. The van der Waals surface area contributed by atoms with Crippen LogP contribution in [-0.2, 0) is 7.05 Å². The number of aryl methyl sites for hydroxylation is 2. The van der Waals surface area contributed by atoms with Gasteiger partial charge < -0.3 is 9.80 Å². The quantitative estimate of drug-likeness (QED) is 0.829. The van der Waals surface area contributed by atoms with Crippen LogP contribution in [0.1, 0.15) is 12.0 Å². The van der Waals surface area contributed by atoms with Crippen LogP contribution in [0, 0.1) is 6.92 Å². The highest BCUT2D eigenvalue weighted by molar-refractivity contribution is 5.56. The zero-order valence-corrected chi connectivity index (χ0v) is 13.0. The Bertz CT molecular complexity index is 634. The van der Waals surface area contributed by atoms with E-state index in [0.29, 0.717) is 6.04 Å². The summed E-state index contributed by atoms with van der Waals surface area (Å²) < 4.78 is 1.74. The molecule has 1 saturated heterocycles. The van der Waals surface area contributed by atoms with Crippen molar-refractivity contribution in [1.82, 2.24) is 29.6 Å². The molecule has 1 fully saturated rings. The van der Waals surface area contributed by atoms with E-state index in [2.05, 4.69) is 39.0 Å². The summed E-state index contributed by atoms with van der Waals surface area (Å²) >= 11 is 0. The van der Waals surface area contributed by atoms with Crippen molar-refractivity contribution in [2.75, 3.05) is 32.1 Å². The fraction of sp³-hybridized carbons (Fsp3) is 0.571. The summed E-state index contributed by atoms with van der Waals surface area (Å²) in [5, 5.41) is 4.12. The Morgan fingerprint density at radius 1 is 1.29 bits per heavy atom. The Morgan fingerprint density at radius 2 is 2.10 bits per heavy atom. The van der Waals surface area contributed by atoms with E-state index in [-0.39, 0.29) is 0 Å². The molecule has 3 rings (SSSR count). The SMILES string of the molecule is Cc1cnc(N2CC[C@@H](N(C)C)C2)nc1-c1ncnn1C. The fourth-order valence-corrected chi connectivity index (χ4v) is 2.67. The Labute approximate surface area is 124 Å². The lowest BCUT2D eigenvalue weighted by Gasteiger charge is -2.20. The van der Waals surface area contributed by atoms with Crippen LogP contribution in [0.4, 0.5) is 5.95 Å². The Morgan fingerprint density at radius 3 is 2.71 bits per heavy atom. The molecule has 0 radical (unpaired) electrons. The van der Waals surface area contributed by atoms with E-state index >= 15 is 0 Å². The number of hydrogen-bond acceptors (Lipinski definition) is 6. The highest BCUT2D eigenvalue weighted by Crippen LogP contribution is 2.23. The van der Waals surface area contributed by atoms with E-state index < -0.39 is 0 Å². The van der Waals surface area contributed by atoms with Gasteiger partial charge in [0, 0.05) is 32.4 Å². The standard InChI is InChI=1S/C14H21N7/c1-10-7-15-14(21-6-5-11(8-21)19(2)3)18-12(10)13-16-9-17-20(13)4/h7,9,11H,5-6,8H2,1-4H3/t11-/m1/s1. The van der Waals surface area contributed by atoms with Crippen molar-refractivity contribution in [3.63, 3.8) is 0 Å². The van der Waals surface area contributed by atoms with Gasteiger partial charge in [0.2, 0.25) is 5.95 Å². The van der Waals surface area contributed by atoms with Crippen molar-refractivity contribution >= 4 is 5.95 Å². The molecule has 0 aromatic carbocycles. The molecule has 7 heteroatoms. The lowest BCUT2D eigenvalue weighted by atomic mass is 10.2. The Kier molecular flexibility index (Phi) is 3.59. The lowest BCUT2D eigenvalue weighted by molar-refractivity contribution is 0.315. The molecule has 0 spiro atoms. The molecular weight excluding hydrogens is 266 g/mol. The largest absolute Gasteiger partial charge is 0.339 e. The van der Waals surface area contributed by atoms with Crippen molar-refractivity contribution in [1.29, 1.82) is 0 Å². The monoisotopic (exact) mass is 287 g/mol. The Hall–Kier alpha value is -2.02. The van der Waals surface area contributed by atoms with Crippen molar-refractivity contribution in [2.45, 2.75) is 19.4 Å². The average molecular weight is 287 g/mol. The molecule has 0 N–H and O–H groups in total. The molecule has 7 nitrogen and oxygen atoms in total. The van der Waals surface area contributed by atoms with E-state index in [1.165, 1.54) is 0 Å². The number of rotatable bonds is 3. The van der Waals surface area contributed by atoms with Gasteiger partial charge in [-0.15, -0.1) is 0 Å². The van der Waals surface area contributed by atoms with Gasteiger partial charge in [-0.2, -0.15) is 5.10 Å². The van der Waals surface area contributed by atoms with E-state index in [9.17, 15) is 0 Å². The molecule has 0 aliphatic carbocycles. The van der Waals surface area contributed by atoms with Gasteiger partial charge in [0.05, 0.1) is 0 Å². The first-order chi connectivity index (χ1) is 10.1. The second-order valence-corrected chi connectivity index (χ2v) is 5.76. The zero-order valence-electron chi connectivity index (χ0n) is 13.0. The molecule has 2 aromatic heterocycles. The fourth-order valence-electron chi connectivity index (χ4n) is 2.67. The third-order valence-corrected chi connectivity index (χ3v) is 4.06. The second-order valence-electron chi connectivity index (χ2n) is 5.76. The summed E-state index contributed by atoms with van der Waals surface area (Å²) in [5.41, 5.74) is 1.87. The topological polar surface area (TPSA) is 63.0 Å². The van der Waals surface area contributed by atoms with Gasteiger partial charge in [-0.05, 0) is 33.0 Å². The number of hydrogen-bond donors (Lipinski definition) is 0. The lowest BCUT2D eigenvalue weighted by Crippen LogP contribution is -2.32. The van der Waals surface area contributed by atoms with Crippen LogP contribution in [0.2, 0.25) is 0 Å². The van der Waals surface area contributed by atoms with E-state index in [1.54, 1.807) is 11.0 Å². The maximum atomic E-state index is 4.72.